The van der Waals surface area contributed by atoms with Crippen LogP contribution in [0.25, 0.3) is 0 Å². The van der Waals surface area contributed by atoms with Gasteiger partial charge in [-0.25, -0.2) is 0 Å². The molecule has 0 heterocycles. The minimum absolute atomic E-state index is 0. The van der Waals surface area contributed by atoms with Crippen molar-refractivity contribution in [2.24, 2.45) is 4.66 Å². The van der Waals surface area contributed by atoms with E-state index in [2.05, 4.69) is 149 Å². The van der Waals surface area contributed by atoms with Crippen molar-refractivity contribution < 1.29 is 0 Å². The van der Waals surface area contributed by atoms with Gasteiger partial charge in [0.05, 0.1) is 0 Å². The molecule has 1 aromatic rings. The summed E-state index contributed by atoms with van der Waals surface area (Å²) in [5.74, 6) is 1.17. The maximum atomic E-state index is 5.06. The van der Waals surface area contributed by atoms with E-state index in [9.17, 15) is 0 Å². The number of hydrogen-bond acceptors (Lipinski definition) is 1. The maximum absolute atomic E-state index is 5.06. The Morgan fingerprint density at radius 1 is 0.710 bits per heavy atom. The largest absolute Gasteiger partial charge is 0.0715 e. The van der Waals surface area contributed by atoms with Crippen molar-refractivity contribution in [3.8, 4) is 0 Å². The van der Waals surface area contributed by atoms with Crippen LogP contribution in [0.5, 0.6) is 0 Å². The fraction of sp³-hybridized carbons (Fsp3) is 0.682. The summed E-state index contributed by atoms with van der Waals surface area (Å²) in [5.41, 5.74) is 1.24. The van der Waals surface area contributed by atoms with Crippen molar-refractivity contribution in [3.63, 3.8) is 0 Å². The zero-order valence-electron chi connectivity index (χ0n) is 23.3. The SMILES string of the molecule is C[Si](C)(C)/N=C(\c1ccccc1)[N]([Ge])[Si](C)(C)C.C[Si](C)C.C[Si](C)C.C[Si](C)C.[Ge]. The first-order chi connectivity index (χ1) is 13.3. The van der Waals surface area contributed by atoms with Crippen LogP contribution >= 0.6 is 0 Å². The molecule has 1 rings (SSSR count). The molecule has 0 unspecified atom stereocenters. The number of amidine groups is 1. The van der Waals surface area contributed by atoms with Crippen LogP contribution in [-0.4, -0.2) is 86.6 Å². The second kappa shape index (κ2) is 20.3. The standard InChI is InChI=1S/C13H23GeN2Si2.3C3H9Si.Ge/c1-17(2,3)15-13(16(14)18(4,5)6)12-10-8-7-9-11-12;3*1-4(2)3;/h7-11H,1-6H3;3*1-3H3;/b15-13+;;;;. The van der Waals surface area contributed by atoms with E-state index in [4.69, 9.17) is 4.66 Å². The van der Waals surface area contributed by atoms with Gasteiger partial charge in [0.2, 0.25) is 0 Å². The molecule has 0 atom stereocenters. The van der Waals surface area contributed by atoms with Crippen LogP contribution in [-0.2, 0) is 0 Å². The predicted molar refractivity (Wildman–Crippen MR) is 163 cm³/mol. The average molecular weight is 628 g/mol. The van der Waals surface area contributed by atoms with Crippen LogP contribution < -0.4 is 0 Å². The van der Waals surface area contributed by atoms with Crippen LogP contribution in [0.4, 0.5) is 0 Å². The second-order valence-electron chi connectivity index (χ2n) is 11.0. The van der Waals surface area contributed by atoms with Gasteiger partial charge in [0.1, 0.15) is 0 Å². The maximum Gasteiger partial charge on any atom is 0.0379 e. The van der Waals surface area contributed by atoms with Gasteiger partial charge in [0.15, 0.2) is 0 Å². The van der Waals surface area contributed by atoms with Crippen molar-refractivity contribution in [2.75, 3.05) is 0 Å². The van der Waals surface area contributed by atoms with E-state index in [0.29, 0.717) is 0 Å². The number of hydrogen-bond donors (Lipinski definition) is 0. The van der Waals surface area contributed by atoms with E-state index in [0.717, 1.165) is 0 Å². The number of benzene rings is 1. The quantitative estimate of drug-likeness (QED) is 0.196. The zero-order chi connectivity index (χ0) is 24.7. The topological polar surface area (TPSA) is 15.6 Å². The molecule has 0 saturated heterocycles. The summed E-state index contributed by atoms with van der Waals surface area (Å²) in [6, 6.07) is 10.6. The van der Waals surface area contributed by atoms with Gasteiger partial charge in [-0.3, -0.25) is 0 Å². The summed E-state index contributed by atoms with van der Waals surface area (Å²) in [6.45, 7) is 34.3. The van der Waals surface area contributed by atoms with E-state index >= 15 is 0 Å². The third kappa shape index (κ3) is 33.1. The van der Waals surface area contributed by atoms with E-state index in [1.807, 2.05) is 0 Å². The molecule has 10 radical (unpaired) electrons. The molecular formula is C22H50Ge2N2Si5. The minimum atomic E-state index is -1.48. The molecule has 0 aliphatic heterocycles. The number of rotatable bonds is 3. The zero-order valence-corrected chi connectivity index (χ0v) is 32.5. The van der Waals surface area contributed by atoms with Crippen LogP contribution in [0.2, 0.25) is 98.2 Å². The summed E-state index contributed by atoms with van der Waals surface area (Å²) in [7, 11) is -2.50. The van der Waals surface area contributed by atoms with E-state index in [1.165, 1.54) is 11.4 Å². The summed E-state index contributed by atoms with van der Waals surface area (Å²) in [4.78, 5) is 0. The van der Waals surface area contributed by atoms with Crippen molar-refractivity contribution in [3.05, 3.63) is 35.9 Å². The summed E-state index contributed by atoms with van der Waals surface area (Å²) < 4.78 is 7.48. The molecule has 0 N–H and O–H groups in total. The molecule has 31 heavy (non-hydrogen) atoms. The third-order valence-electron chi connectivity index (χ3n) is 2.36. The molecule has 0 aromatic heterocycles. The molecule has 0 aliphatic rings. The first-order valence-electron chi connectivity index (χ1n) is 10.8. The van der Waals surface area contributed by atoms with Crippen molar-refractivity contribution in [1.29, 1.82) is 0 Å². The van der Waals surface area contributed by atoms with Gasteiger partial charge in [-0.05, 0) is 0 Å². The molecule has 0 aliphatic carbocycles. The minimum Gasteiger partial charge on any atom is -0.0715 e. The van der Waals surface area contributed by atoms with E-state index in [-0.39, 0.29) is 44.0 Å². The van der Waals surface area contributed by atoms with Gasteiger partial charge >= 0.3 is 122 Å². The van der Waals surface area contributed by atoms with E-state index in [1.54, 1.807) is 0 Å². The van der Waals surface area contributed by atoms with Crippen LogP contribution in [0.1, 0.15) is 5.56 Å². The van der Waals surface area contributed by atoms with Crippen molar-refractivity contribution in [2.45, 2.75) is 98.2 Å². The summed E-state index contributed by atoms with van der Waals surface area (Å²) in [6.07, 6.45) is 0. The van der Waals surface area contributed by atoms with Gasteiger partial charge in [-0.1, -0.05) is 58.9 Å². The molecule has 0 amide bonds. The van der Waals surface area contributed by atoms with Crippen molar-refractivity contribution >= 4 is 83.0 Å². The molecule has 0 saturated carbocycles. The molecule has 0 bridgehead atoms. The Balaban J connectivity index is -0.000000232. The van der Waals surface area contributed by atoms with Crippen LogP contribution in [0, 0.1) is 0 Å². The molecule has 9 heteroatoms. The van der Waals surface area contributed by atoms with Crippen LogP contribution in [0.15, 0.2) is 35.0 Å². The van der Waals surface area contributed by atoms with Gasteiger partial charge in [0, 0.05) is 44.0 Å². The monoisotopic (exact) mass is 630 g/mol. The molecule has 1 aromatic carbocycles. The van der Waals surface area contributed by atoms with Gasteiger partial charge in [-0.15, -0.1) is 0 Å². The van der Waals surface area contributed by atoms with Gasteiger partial charge < -0.3 is 0 Å². The molecule has 0 fully saturated rings. The average Bonchev–Trinajstić information content (AvgIpc) is 2.49. The molecule has 176 valence electrons. The smallest absolute Gasteiger partial charge is 0.0379 e. The Kier molecular flexibility index (Phi) is 25.5. The number of nitrogens with zero attached hydrogens (tertiary/aromatic N) is 2. The van der Waals surface area contributed by atoms with Crippen LogP contribution in [0.3, 0.4) is 0 Å². The molecule has 2 nitrogen and oxygen atoms in total. The summed E-state index contributed by atoms with van der Waals surface area (Å²) in [5, 5.41) is 0. The van der Waals surface area contributed by atoms with Gasteiger partial charge in [-0.2, -0.15) is 0 Å². The fourth-order valence-corrected chi connectivity index (χ4v) is 3.83. The third-order valence-corrected chi connectivity index (χ3v) is 9.46. The Labute approximate surface area is 223 Å². The van der Waals surface area contributed by atoms with E-state index < -0.39 is 16.5 Å². The Hall–Kier alpha value is 0.860. The van der Waals surface area contributed by atoms with Gasteiger partial charge in [0.25, 0.3) is 0 Å². The molecular weight excluding hydrogens is 578 g/mol. The first kappa shape index (κ1) is 39.1. The van der Waals surface area contributed by atoms with Crippen molar-refractivity contribution in [1.82, 2.24) is 3.52 Å². The Morgan fingerprint density at radius 2 is 1.00 bits per heavy atom. The Bertz CT molecular complexity index is 533. The second-order valence-corrected chi connectivity index (χ2v) is 31.2. The Morgan fingerprint density at radius 3 is 1.23 bits per heavy atom. The molecule has 0 spiro atoms. The first-order valence-corrected chi connectivity index (χ1v) is 27.6. The predicted octanol–water partition coefficient (Wildman–Crippen LogP) is 7.22. The normalized spacial score (nSPS) is 11.4. The fourth-order valence-electron chi connectivity index (χ4n) is 1.47. The summed E-state index contributed by atoms with van der Waals surface area (Å²) >= 11 is 2.19.